The van der Waals surface area contributed by atoms with Crippen molar-refractivity contribution in [2.45, 2.75) is 58.4 Å². The van der Waals surface area contributed by atoms with Crippen LogP contribution < -0.4 is 10.2 Å². The molecule has 1 amide bonds. The minimum atomic E-state index is -0.267. The van der Waals surface area contributed by atoms with Crippen molar-refractivity contribution in [2.75, 3.05) is 36.4 Å². The van der Waals surface area contributed by atoms with E-state index in [-0.39, 0.29) is 28.0 Å². The first kappa shape index (κ1) is 24.3. The van der Waals surface area contributed by atoms with Crippen molar-refractivity contribution in [3.8, 4) is 0 Å². The molecular weight excluding hydrogens is 464 g/mol. The average Bonchev–Trinajstić information content (AvgIpc) is 2.88. The molecule has 1 aliphatic heterocycles. The van der Waals surface area contributed by atoms with E-state index in [4.69, 9.17) is 0 Å². The van der Waals surface area contributed by atoms with E-state index in [1.165, 1.54) is 38.5 Å². The fraction of sp³-hybridized carbons (Fsp3) is 0.567. The molecule has 0 radical (unpaired) electrons. The molecule has 196 valence electrons. The van der Waals surface area contributed by atoms with Crippen molar-refractivity contribution in [2.24, 2.45) is 23.2 Å². The maximum absolute atomic E-state index is 13.0. The number of carbonyl (C=O) groups is 1. The van der Waals surface area contributed by atoms with Gasteiger partial charge in [0.25, 0.3) is 11.6 Å². The van der Waals surface area contributed by atoms with Gasteiger partial charge in [-0.1, -0.05) is 18.2 Å². The normalized spacial score (nSPS) is 29.3. The van der Waals surface area contributed by atoms with Crippen LogP contribution in [0.1, 0.15) is 61.4 Å². The summed E-state index contributed by atoms with van der Waals surface area (Å²) in [5.41, 5.74) is 3.78. The molecule has 4 bridgehead atoms. The predicted molar refractivity (Wildman–Crippen MR) is 146 cm³/mol. The highest BCUT2D eigenvalue weighted by Crippen LogP contribution is 2.61. The van der Waals surface area contributed by atoms with Crippen LogP contribution in [0.2, 0.25) is 0 Å². The number of nitrogens with zero attached hydrogens (tertiary/aromatic N) is 3. The Hall–Kier alpha value is -3.09. The second kappa shape index (κ2) is 9.34. The lowest BCUT2D eigenvalue weighted by molar-refractivity contribution is -0.384. The summed E-state index contributed by atoms with van der Waals surface area (Å²) in [7, 11) is 0. The lowest BCUT2D eigenvalue weighted by atomic mass is 9.48. The zero-order chi connectivity index (χ0) is 25.7. The third-order valence-corrected chi connectivity index (χ3v) is 9.86. The van der Waals surface area contributed by atoms with Gasteiger partial charge in [0.2, 0.25) is 0 Å². The first-order valence-electron chi connectivity index (χ1n) is 14.0. The summed E-state index contributed by atoms with van der Waals surface area (Å²) in [6, 6.07) is 13.4. The number of carbonyl (C=O) groups excluding carboxylic acids is 1. The smallest absolute Gasteiger partial charge is 0.292 e. The Bertz CT molecular complexity index is 1170. The Kier molecular flexibility index (Phi) is 6.12. The Morgan fingerprint density at radius 3 is 2.22 bits per heavy atom. The third-order valence-electron chi connectivity index (χ3n) is 9.86. The summed E-state index contributed by atoms with van der Waals surface area (Å²) >= 11 is 0. The van der Waals surface area contributed by atoms with Crippen LogP contribution in [0.5, 0.6) is 0 Å². The van der Waals surface area contributed by atoms with Gasteiger partial charge in [-0.05, 0) is 99.3 Å². The van der Waals surface area contributed by atoms with Crippen LogP contribution in [0.25, 0.3) is 0 Å². The van der Waals surface area contributed by atoms with Crippen molar-refractivity contribution in [1.82, 2.24) is 4.90 Å². The maximum atomic E-state index is 13.0. The number of anilines is 2. The Balaban J connectivity index is 1.17. The number of nitro groups is 1. The molecule has 7 rings (SSSR count). The first-order valence-corrected chi connectivity index (χ1v) is 14.0. The van der Waals surface area contributed by atoms with Crippen LogP contribution in [0.4, 0.5) is 17.1 Å². The Morgan fingerprint density at radius 1 is 1.00 bits per heavy atom. The monoisotopic (exact) mass is 502 g/mol. The first-order chi connectivity index (χ1) is 17.8. The lowest BCUT2D eigenvalue weighted by Gasteiger charge is -2.59. The molecule has 1 saturated heterocycles. The number of rotatable bonds is 6. The van der Waals surface area contributed by atoms with E-state index in [2.05, 4.69) is 17.1 Å². The summed E-state index contributed by atoms with van der Waals surface area (Å²) < 4.78 is 0. The number of amides is 1. The van der Waals surface area contributed by atoms with Crippen molar-refractivity contribution in [3.63, 3.8) is 0 Å². The molecule has 4 saturated carbocycles. The van der Waals surface area contributed by atoms with Crippen molar-refractivity contribution >= 4 is 23.0 Å². The van der Waals surface area contributed by atoms with Crippen LogP contribution in [0.15, 0.2) is 42.5 Å². The summed E-state index contributed by atoms with van der Waals surface area (Å²) in [5, 5.41) is 15.6. The lowest BCUT2D eigenvalue weighted by Crippen LogP contribution is -2.53. The summed E-state index contributed by atoms with van der Waals surface area (Å²) in [6.45, 7) is 6.91. The zero-order valence-electron chi connectivity index (χ0n) is 22.0. The Labute approximate surface area is 219 Å². The summed E-state index contributed by atoms with van der Waals surface area (Å²) in [5.74, 6) is 2.61. The molecule has 2 aromatic carbocycles. The topological polar surface area (TPSA) is 78.7 Å². The third kappa shape index (κ3) is 4.47. The van der Waals surface area contributed by atoms with Crippen molar-refractivity contribution < 1.29 is 9.72 Å². The van der Waals surface area contributed by atoms with Gasteiger partial charge in [0.05, 0.1) is 4.92 Å². The molecule has 1 N–H and O–H groups in total. The summed E-state index contributed by atoms with van der Waals surface area (Å²) in [6.07, 6.45) is 7.95. The second-order valence-electron chi connectivity index (χ2n) is 12.2. The molecule has 4 aliphatic carbocycles. The molecule has 5 aliphatic rings. The summed E-state index contributed by atoms with van der Waals surface area (Å²) in [4.78, 5) is 28.9. The number of piperazine rings is 1. The molecule has 1 atom stereocenters. The number of hydrogen-bond acceptors (Lipinski definition) is 5. The zero-order valence-corrected chi connectivity index (χ0v) is 22.0. The minimum absolute atomic E-state index is 0.0770. The molecule has 0 aromatic heterocycles. The van der Waals surface area contributed by atoms with E-state index in [9.17, 15) is 14.9 Å². The molecule has 7 heteroatoms. The fourth-order valence-corrected chi connectivity index (χ4v) is 8.24. The highest BCUT2D eigenvalue weighted by atomic mass is 16.6. The highest BCUT2D eigenvalue weighted by Gasteiger charge is 2.53. The molecule has 7 nitrogen and oxygen atoms in total. The van der Waals surface area contributed by atoms with Crippen molar-refractivity contribution in [3.05, 3.63) is 63.7 Å². The molecule has 37 heavy (non-hydrogen) atoms. The van der Waals surface area contributed by atoms with Gasteiger partial charge in [0, 0.05) is 49.5 Å². The number of hydrogen-bond donors (Lipinski definition) is 1. The van der Waals surface area contributed by atoms with E-state index >= 15 is 0 Å². The van der Waals surface area contributed by atoms with Crippen LogP contribution in [0, 0.1) is 40.2 Å². The number of benzene rings is 2. The van der Waals surface area contributed by atoms with Crippen LogP contribution in [0.3, 0.4) is 0 Å². The van der Waals surface area contributed by atoms with E-state index in [1.54, 1.807) is 6.07 Å². The molecular formula is C30H38N4O3. The number of aryl methyl sites for hydroxylation is 1. The fourth-order valence-electron chi connectivity index (χ4n) is 8.24. The quantitative estimate of drug-likeness (QED) is 0.394. The molecule has 0 unspecified atom stereocenters. The van der Waals surface area contributed by atoms with Crippen LogP contribution in [-0.2, 0) is 0 Å². The van der Waals surface area contributed by atoms with Crippen LogP contribution >= 0.6 is 0 Å². The van der Waals surface area contributed by atoms with Gasteiger partial charge < -0.3 is 15.1 Å². The molecule has 5 fully saturated rings. The maximum Gasteiger partial charge on any atom is 0.292 e. The predicted octanol–water partition coefficient (Wildman–Crippen LogP) is 5.88. The second-order valence-corrected chi connectivity index (χ2v) is 12.2. The average molecular weight is 503 g/mol. The van der Waals surface area contributed by atoms with E-state index in [0.29, 0.717) is 31.9 Å². The van der Waals surface area contributed by atoms with E-state index in [1.807, 2.05) is 48.2 Å². The van der Waals surface area contributed by atoms with Gasteiger partial charge in [0.1, 0.15) is 5.69 Å². The molecule has 1 heterocycles. The van der Waals surface area contributed by atoms with Gasteiger partial charge in [-0.2, -0.15) is 0 Å². The minimum Gasteiger partial charge on any atom is -0.376 e. The van der Waals surface area contributed by atoms with Gasteiger partial charge in [-0.3, -0.25) is 14.9 Å². The van der Waals surface area contributed by atoms with Crippen LogP contribution in [-0.4, -0.2) is 48.0 Å². The highest BCUT2D eigenvalue weighted by molar-refractivity contribution is 5.95. The van der Waals surface area contributed by atoms with Gasteiger partial charge in [-0.15, -0.1) is 0 Å². The standard InChI is InChI=1S/C30H38N4O3/c1-20-5-3-4-6-26(20)29(35)33-11-9-32(10-12-33)25-7-8-28(34(36)37)27(16-25)31-21(2)30-17-22-13-23(18-30)15-24(14-22)19-30/h3-8,16,21-24,31H,9-15,17-19H2,1-2H3/t21-,22?,23?,24?,30?/m0/s1. The Morgan fingerprint density at radius 2 is 1.62 bits per heavy atom. The van der Waals surface area contributed by atoms with E-state index < -0.39 is 0 Å². The molecule has 0 spiro atoms. The number of nitrogens with one attached hydrogen (secondary N) is 1. The van der Waals surface area contributed by atoms with Gasteiger partial charge in [-0.25, -0.2) is 0 Å². The van der Waals surface area contributed by atoms with Gasteiger partial charge >= 0.3 is 0 Å². The van der Waals surface area contributed by atoms with Crippen molar-refractivity contribution in [1.29, 1.82) is 0 Å². The van der Waals surface area contributed by atoms with E-state index in [0.717, 1.165) is 34.6 Å². The molecule has 2 aromatic rings. The van der Waals surface area contributed by atoms with Gasteiger partial charge in [0.15, 0.2) is 0 Å². The SMILES string of the molecule is Cc1ccccc1C(=O)N1CCN(c2ccc([N+](=O)[O-])c(N[C@@H](C)C34CC5CC(CC(C5)C3)C4)c2)CC1. The number of nitro benzene ring substituents is 1. The largest absolute Gasteiger partial charge is 0.376 e.